The Morgan fingerprint density at radius 2 is 1.85 bits per heavy atom. The van der Waals surface area contributed by atoms with Crippen LogP contribution in [-0.2, 0) is 27.9 Å². The van der Waals surface area contributed by atoms with Gasteiger partial charge >= 0.3 is 0 Å². The highest BCUT2D eigenvalue weighted by molar-refractivity contribution is 7.89. The van der Waals surface area contributed by atoms with Gasteiger partial charge in [-0.05, 0) is 25.3 Å². The highest BCUT2D eigenvalue weighted by Gasteiger charge is 2.28. The molecule has 1 saturated heterocycles. The van der Waals surface area contributed by atoms with Crippen LogP contribution in [0.4, 0.5) is 0 Å². The van der Waals surface area contributed by atoms with Gasteiger partial charge in [0.05, 0.1) is 6.33 Å². The van der Waals surface area contributed by atoms with Crippen molar-refractivity contribution in [2.75, 3.05) is 19.6 Å². The zero-order chi connectivity index (χ0) is 19.3. The van der Waals surface area contributed by atoms with Crippen molar-refractivity contribution in [1.29, 1.82) is 0 Å². The molecule has 0 unspecified atom stereocenters. The molecule has 3 rings (SSSR count). The first kappa shape index (κ1) is 19.6. The van der Waals surface area contributed by atoms with E-state index in [0.717, 1.165) is 24.8 Å². The van der Waals surface area contributed by atoms with E-state index in [4.69, 9.17) is 0 Å². The third kappa shape index (κ3) is 4.75. The van der Waals surface area contributed by atoms with Crippen LogP contribution in [0.1, 0.15) is 31.7 Å². The van der Waals surface area contributed by atoms with Gasteiger partial charge in [0.15, 0.2) is 5.03 Å². The van der Waals surface area contributed by atoms with Crippen molar-refractivity contribution in [3.63, 3.8) is 0 Å². The fourth-order valence-corrected chi connectivity index (χ4v) is 4.69. The maximum absolute atomic E-state index is 12.7. The topological polar surface area (TPSA) is 75.5 Å². The highest BCUT2D eigenvalue weighted by atomic mass is 32.2. The molecule has 146 valence electrons. The van der Waals surface area contributed by atoms with Gasteiger partial charge in [-0.1, -0.05) is 36.8 Å². The van der Waals surface area contributed by atoms with E-state index in [1.807, 2.05) is 37.3 Å². The molecule has 1 aromatic carbocycles. The molecule has 0 atom stereocenters. The summed E-state index contributed by atoms with van der Waals surface area (Å²) in [5.74, 6) is -0.0688. The molecule has 0 spiro atoms. The molecule has 0 saturated carbocycles. The van der Waals surface area contributed by atoms with Crippen LogP contribution in [-0.4, -0.2) is 52.7 Å². The van der Waals surface area contributed by atoms with E-state index in [-0.39, 0.29) is 17.5 Å². The minimum Gasteiger partial charge on any atom is -0.337 e. The lowest BCUT2D eigenvalue weighted by molar-refractivity contribution is -0.132. The maximum Gasteiger partial charge on any atom is 0.262 e. The third-order valence-corrected chi connectivity index (χ3v) is 6.58. The Morgan fingerprint density at radius 1 is 1.15 bits per heavy atom. The molecule has 7 nitrogen and oxygen atoms in total. The van der Waals surface area contributed by atoms with Gasteiger partial charge in [-0.2, -0.15) is 4.31 Å². The second-order valence-corrected chi connectivity index (χ2v) is 8.63. The number of nitrogens with zero attached hydrogens (tertiary/aromatic N) is 4. The molecule has 1 amide bonds. The van der Waals surface area contributed by atoms with E-state index < -0.39 is 10.0 Å². The van der Waals surface area contributed by atoms with Crippen molar-refractivity contribution in [1.82, 2.24) is 18.8 Å². The van der Waals surface area contributed by atoms with E-state index >= 15 is 0 Å². The van der Waals surface area contributed by atoms with E-state index in [2.05, 4.69) is 4.98 Å². The molecular weight excluding hydrogens is 364 g/mol. The first-order valence-electron chi connectivity index (χ1n) is 9.34. The van der Waals surface area contributed by atoms with Crippen molar-refractivity contribution in [2.24, 2.45) is 0 Å². The van der Waals surface area contributed by atoms with Crippen molar-refractivity contribution in [3.8, 4) is 0 Å². The number of rotatable bonds is 7. The quantitative estimate of drug-likeness (QED) is 0.726. The molecule has 8 heteroatoms. The summed E-state index contributed by atoms with van der Waals surface area (Å²) in [6.07, 6.45) is 5.69. The second-order valence-electron chi connectivity index (χ2n) is 6.74. The maximum atomic E-state index is 12.7. The van der Waals surface area contributed by atoms with Gasteiger partial charge in [0.1, 0.15) is 6.54 Å². The van der Waals surface area contributed by atoms with E-state index in [9.17, 15) is 13.2 Å². The number of amides is 1. The van der Waals surface area contributed by atoms with Crippen LogP contribution in [0.3, 0.4) is 0 Å². The summed E-state index contributed by atoms with van der Waals surface area (Å²) in [6.45, 7) is 4.19. The van der Waals surface area contributed by atoms with Gasteiger partial charge in [0.25, 0.3) is 10.0 Å². The van der Waals surface area contributed by atoms with Gasteiger partial charge < -0.3 is 9.47 Å². The molecule has 1 aromatic heterocycles. The smallest absolute Gasteiger partial charge is 0.262 e. The van der Waals surface area contributed by atoms with Crippen molar-refractivity contribution in [2.45, 2.75) is 44.3 Å². The van der Waals surface area contributed by atoms with Crippen molar-refractivity contribution in [3.05, 3.63) is 48.4 Å². The zero-order valence-corrected chi connectivity index (χ0v) is 16.4. The zero-order valence-electron chi connectivity index (χ0n) is 15.6. The van der Waals surface area contributed by atoms with Gasteiger partial charge in [-0.3, -0.25) is 4.79 Å². The van der Waals surface area contributed by atoms with Crippen LogP contribution in [0.15, 0.2) is 47.9 Å². The summed E-state index contributed by atoms with van der Waals surface area (Å²) < 4.78 is 28.4. The number of imidazole rings is 1. The number of benzene rings is 1. The Kier molecular flexibility index (Phi) is 6.28. The van der Waals surface area contributed by atoms with Crippen LogP contribution in [0.25, 0.3) is 0 Å². The largest absolute Gasteiger partial charge is 0.337 e. The summed E-state index contributed by atoms with van der Waals surface area (Å²) in [7, 11) is -3.57. The van der Waals surface area contributed by atoms with Gasteiger partial charge in [-0.15, -0.1) is 0 Å². The average Bonchev–Trinajstić information content (AvgIpc) is 3.17. The van der Waals surface area contributed by atoms with Crippen LogP contribution in [0.2, 0.25) is 0 Å². The average molecular weight is 391 g/mol. The fourth-order valence-electron chi connectivity index (χ4n) is 3.23. The SMILES string of the molecule is CCN(Cc1ccccc1)C(=O)Cn1cnc(S(=O)(=O)N2CCCCC2)c1. The molecule has 2 heterocycles. The number of aromatic nitrogens is 2. The lowest BCUT2D eigenvalue weighted by atomic mass is 10.2. The van der Waals surface area contributed by atoms with Gasteiger partial charge in [0.2, 0.25) is 5.91 Å². The van der Waals surface area contributed by atoms with E-state index in [1.54, 1.807) is 9.47 Å². The number of carbonyl (C=O) groups excluding carboxylic acids is 1. The minimum absolute atomic E-state index is 0.0170. The fraction of sp³-hybridized carbons (Fsp3) is 0.474. The Hall–Kier alpha value is -2.19. The molecule has 0 aliphatic carbocycles. The van der Waals surface area contributed by atoms with Crippen LogP contribution >= 0.6 is 0 Å². The summed E-state index contributed by atoms with van der Waals surface area (Å²) in [5, 5.41) is 0.0170. The summed E-state index contributed by atoms with van der Waals surface area (Å²) in [6, 6.07) is 9.80. The first-order valence-corrected chi connectivity index (χ1v) is 10.8. The Morgan fingerprint density at radius 3 is 2.52 bits per heavy atom. The Bertz CT molecular complexity index is 858. The Labute approximate surface area is 160 Å². The summed E-state index contributed by atoms with van der Waals surface area (Å²) >= 11 is 0. The molecule has 1 aliphatic rings. The molecule has 2 aromatic rings. The van der Waals surface area contributed by atoms with Crippen molar-refractivity contribution >= 4 is 15.9 Å². The van der Waals surface area contributed by atoms with Crippen LogP contribution < -0.4 is 0 Å². The number of hydrogen-bond acceptors (Lipinski definition) is 4. The predicted octanol–water partition coefficient (Wildman–Crippen LogP) is 2.11. The summed E-state index contributed by atoms with van der Waals surface area (Å²) in [5.41, 5.74) is 1.06. The third-order valence-electron chi connectivity index (χ3n) is 4.80. The molecule has 1 aliphatic heterocycles. The van der Waals surface area contributed by atoms with E-state index in [0.29, 0.717) is 26.2 Å². The first-order chi connectivity index (χ1) is 13.0. The summed E-state index contributed by atoms with van der Waals surface area (Å²) in [4.78, 5) is 18.4. The standard InChI is InChI=1S/C19H26N4O3S/c1-2-22(13-17-9-5-3-6-10-17)19(24)15-21-14-18(20-16-21)27(25,26)23-11-7-4-8-12-23/h3,5-6,9-10,14,16H,2,4,7-8,11-13,15H2,1H3. The van der Waals surface area contributed by atoms with Crippen LogP contribution in [0.5, 0.6) is 0 Å². The Balaban J connectivity index is 1.66. The molecule has 27 heavy (non-hydrogen) atoms. The second kappa shape index (κ2) is 8.67. The predicted molar refractivity (Wildman–Crippen MR) is 102 cm³/mol. The van der Waals surface area contributed by atoms with E-state index in [1.165, 1.54) is 16.8 Å². The van der Waals surface area contributed by atoms with Gasteiger partial charge in [-0.25, -0.2) is 13.4 Å². The monoisotopic (exact) mass is 390 g/mol. The number of carbonyl (C=O) groups is 1. The van der Waals surface area contributed by atoms with Crippen LogP contribution in [0, 0.1) is 0 Å². The minimum atomic E-state index is -3.57. The molecular formula is C19H26N4O3S. The highest BCUT2D eigenvalue weighted by Crippen LogP contribution is 2.19. The molecule has 0 bridgehead atoms. The van der Waals surface area contributed by atoms with Crippen molar-refractivity contribution < 1.29 is 13.2 Å². The number of sulfonamides is 1. The molecule has 0 radical (unpaired) electrons. The number of piperidine rings is 1. The lowest BCUT2D eigenvalue weighted by Gasteiger charge is -2.24. The molecule has 1 fully saturated rings. The normalized spacial score (nSPS) is 15.6. The van der Waals surface area contributed by atoms with Gasteiger partial charge in [0, 0.05) is 32.4 Å². The molecule has 0 N–H and O–H groups in total. The lowest BCUT2D eigenvalue weighted by Crippen LogP contribution is -2.35. The number of hydrogen-bond donors (Lipinski definition) is 0. The number of likely N-dealkylation sites (N-methyl/N-ethyl adjacent to an activating group) is 1.